The van der Waals surface area contributed by atoms with Gasteiger partial charge in [0.25, 0.3) is 0 Å². The second-order valence-electron chi connectivity index (χ2n) is 4.20. The summed E-state index contributed by atoms with van der Waals surface area (Å²) in [4.78, 5) is 12.8. The zero-order valence-corrected chi connectivity index (χ0v) is 8.59. The van der Waals surface area contributed by atoms with Crippen LogP contribution in [0.25, 0.3) is 0 Å². The molecule has 1 saturated heterocycles. The lowest BCUT2D eigenvalue weighted by Gasteiger charge is -2.38. The van der Waals surface area contributed by atoms with Crippen LogP contribution in [0.4, 0.5) is 0 Å². The quantitative estimate of drug-likeness (QED) is 0.655. The van der Waals surface area contributed by atoms with E-state index < -0.39 is 0 Å². The SMILES string of the molecule is CN(C)C(=O)CNCC1(C)COC1. The predicted octanol–water partition coefficient (Wildman–Crippen LogP) is -0.299. The molecular formula is C9H18N2O2. The number of hydrogen-bond acceptors (Lipinski definition) is 3. The van der Waals surface area contributed by atoms with Gasteiger partial charge in [0.15, 0.2) is 0 Å². The molecule has 13 heavy (non-hydrogen) atoms. The standard InChI is InChI=1S/C9H18N2O2/c1-9(6-13-7-9)5-10-4-8(12)11(2)3/h10H,4-7H2,1-3H3. The van der Waals surface area contributed by atoms with Gasteiger partial charge in [0.2, 0.25) is 5.91 Å². The van der Waals surface area contributed by atoms with E-state index >= 15 is 0 Å². The maximum absolute atomic E-state index is 11.2. The van der Waals surface area contributed by atoms with Crippen LogP contribution in [0.2, 0.25) is 0 Å². The highest BCUT2D eigenvalue weighted by atomic mass is 16.5. The van der Waals surface area contributed by atoms with E-state index in [0.717, 1.165) is 19.8 Å². The maximum atomic E-state index is 11.2. The minimum absolute atomic E-state index is 0.115. The molecule has 0 atom stereocenters. The van der Waals surface area contributed by atoms with Gasteiger partial charge in [0.05, 0.1) is 19.8 Å². The maximum Gasteiger partial charge on any atom is 0.236 e. The normalized spacial score (nSPS) is 19.3. The minimum atomic E-state index is 0.115. The van der Waals surface area contributed by atoms with Crippen LogP contribution in [0.3, 0.4) is 0 Å². The van der Waals surface area contributed by atoms with Gasteiger partial charge in [-0.2, -0.15) is 0 Å². The van der Waals surface area contributed by atoms with Crippen molar-refractivity contribution in [2.24, 2.45) is 5.41 Å². The van der Waals surface area contributed by atoms with Crippen LogP contribution in [-0.2, 0) is 9.53 Å². The average molecular weight is 186 g/mol. The Balaban J connectivity index is 2.10. The molecule has 0 aromatic rings. The Morgan fingerprint density at radius 1 is 1.54 bits per heavy atom. The van der Waals surface area contributed by atoms with Crippen molar-refractivity contribution in [1.29, 1.82) is 0 Å². The number of rotatable bonds is 4. The van der Waals surface area contributed by atoms with E-state index in [1.807, 2.05) is 0 Å². The van der Waals surface area contributed by atoms with Crippen LogP contribution in [0.5, 0.6) is 0 Å². The number of nitrogens with one attached hydrogen (secondary N) is 1. The molecule has 0 radical (unpaired) electrons. The van der Waals surface area contributed by atoms with E-state index in [0.29, 0.717) is 6.54 Å². The number of ether oxygens (including phenoxy) is 1. The molecule has 4 heteroatoms. The van der Waals surface area contributed by atoms with Gasteiger partial charge < -0.3 is 15.0 Å². The molecule has 1 aliphatic heterocycles. The number of carbonyl (C=O) groups excluding carboxylic acids is 1. The first-order valence-corrected chi connectivity index (χ1v) is 4.52. The van der Waals surface area contributed by atoms with E-state index in [9.17, 15) is 4.79 Å². The monoisotopic (exact) mass is 186 g/mol. The summed E-state index contributed by atoms with van der Waals surface area (Å²) in [7, 11) is 3.52. The molecule has 1 heterocycles. The fraction of sp³-hybridized carbons (Fsp3) is 0.889. The molecule has 0 aromatic carbocycles. The van der Waals surface area contributed by atoms with Crippen LogP contribution >= 0.6 is 0 Å². The Morgan fingerprint density at radius 2 is 2.15 bits per heavy atom. The Kier molecular flexibility index (Phi) is 3.27. The van der Waals surface area contributed by atoms with Crippen molar-refractivity contribution in [2.45, 2.75) is 6.92 Å². The molecule has 1 N–H and O–H groups in total. The highest BCUT2D eigenvalue weighted by molar-refractivity contribution is 5.77. The van der Waals surface area contributed by atoms with Gasteiger partial charge in [-0.25, -0.2) is 0 Å². The van der Waals surface area contributed by atoms with Crippen LogP contribution in [-0.4, -0.2) is 51.2 Å². The van der Waals surface area contributed by atoms with E-state index in [2.05, 4.69) is 12.2 Å². The summed E-state index contributed by atoms with van der Waals surface area (Å²) in [5.41, 5.74) is 0.243. The number of carbonyl (C=O) groups is 1. The van der Waals surface area contributed by atoms with E-state index in [1.165, 1.54) is 0 Å². The lowest BCUT2D eigenvalue weighted by molar-refractivity contribution is -0.128. The van der Waals surface area contributed by atoms with E-state index in [4.69, 9.17) is 4.74 Å². The number of nitrogens with zero attached hydrogens (tertiary/aromatic N) is 1. The average Bonchev–Trinajstić information content (AvgIpc) is 2.01. The summed E-state index contributed by atoms with van der Waals surface area (Å²) in [6, 6.07) is 0. The number of hydrogen-bond donors (Lipinski definition) is 1. The highest BCUT2D eigenvalue weighted by Gasteiger charge is 2.32. The predicted molar refractivity (Wildman–Crippen MR) is 50.5 cm³/mol. The van der Waals surface area contributed by atoms with Crippen LogP contribution in [0, 0.1) is 5.41 Å². The van der Waals surface area contributed by atoms with Gasteiger partial charge in [-0.1, -0.05) is 6.92 Å². The van der Waals surface area contributed by atoms with Gasteiger partial charge in [-0.15, -0.1) is 0 Å². The first kappa shape index (κ1) is 10.5. The van der Waals surface area contributed by atoms with Gasteiger partial charge in [0.1, 0.15) is 0 Å². The van der Waals surface area contributed by atoms with Crippen molar-refractivity contribution in [2.75, 3.05) is 40.4 Å². The minimum Gasteiger partial charge on any atom is -0.380 e. The van der Waals surface area contributed by atoms with Crippen molar-refractivity contribution < 1.29 is 9.53 Å². The Bertz CT molecular complexity index is 188. The zero-order chi connectivity index (χ0) is 9.90. The lowest BCUT2D eigenvalue weighted by Crippen LogP contribution is -2.48. The van der Waals surface area contributed by atoms with Gasteiger partial charge >= 0.3 is 0 Å². The van der Waals surface area contributed by atoms with Crippen molar-refractivity contribution >= 4 is 5.91 Å². The zero-order valence-electron chi connectivity index (χ0n) is 8.59. The summed E-state index contributed by atoms with van der Waals surface area (Å²) >= 11 is 0. The fourth-order valence-corrected chi connectivity index (χ4v) is 1.18. The second-order valence-corrected chi connectivity index (χ2v) is 4.20. The lowest BCUT2D eigenvalue weighted by atomic mass is 9.89. The molecule has 1 aliphatic rings. The third-order valence-corrected chi connectivity index (χ3v) is 2.23. The van der Waals surface area contributed by atoms with Gasteiger partial charge in [-0.3, -0.25) is 4.79 Å². The molecule has 0 aliphatic carbocycles. The number of likely N-dealkylation sites (N-methyl/N-ethyl adjacent to an activating group) is 1. The summed E-state index contributed by atoms with van der Waals surface area (Å²) < 4.78 is 5.11. The summed E-state index contributed by atoms with van der Waals surface area (Å²) in [6.45, 7) is 5.03. The van der Waals surface area contributed by atoms with Gasteiger partial charge in [-0.05, 0) is 0 Å². The largest absolute Gasteiger partial charge is 0.380 e. The molecule has 0 spiro atoms. The summed E-state index contributed by atoms with van der Waals surface area (Å²) in [6.07, 6.45) is 0. The molecule has 0 aromatic heterocycles. The smallest absolute Gasteiger partial charge is 0.236 e. The van der Waals surface area contributed by atoms with Crippen molar-refractivity contribution in [3.63, 3.8) is 0 Å². The van der Waals surface area contributed by atoms with Gasteiger partial charge in [0, 0.05) is 26.1 Å². The van der Waals surface area contributed by atoms with E-state index in [-0.39, 0.29) is 11.3 Å². The first-order chi connectivity index (χ1) is 6.03. The topological polar surface area (TPSA) is 41.6 Å². The Morgan fingerprint density at radius 3 is 2.54 bits per heavy atom. The summed E-state index contributed by atoms with van der Waals surface area (Å²) in [5.74, 6) is 0.115. The Labute approximate surface area is 79.2 Å². The molecular weight excluding hydrogens is 168 g/mol. The fourth-order valence-electron chi connectivity index (χ4n) is 1.18. The van der Waals surface area contributed by atoms with Crippen LogP contribution in [0.15, 0.2) is 0 Å². The van der Waals surface area contributed by atoms with E-state index in [1.54, 1.807) is 19.0 Å². The second kappa shape index (κ2) is 4.07. The van der Waals surface area contributed by atoms with Crippen LogP contribution < -0.4 is 5.32 Å². The molecule has 1 amide bonds. The molecule has 1 fully saturated rings. The van der Waals surface area contributed by atoms with Crippen LogP contribution in [0.1, 0.15) is 6.92 Å². The molecule has 0 bridgehead atoms. The molecule has 4 nitrogen and oxygen atoms in total. The Hall–Kier alpha value is -0.610. The third-order valence-electron chi connectivity index (χ3n) is 2.23. The highest BCUT2D eigenvalue weighted by Crippen LogP contribution is 2.24. The number of amides is 1. The molecule has 0 unspecified atom stereocenters. The molecule has 76 valence electrons. The first-order valence-electron chi connectivity index (χ1n) is 4.52. The van der Waals surface area contributed by atoms with Crippen molar-refractivity contribution in [3.8, 4) is 0 Å². The third kappa shape index (κ3) is 2.97. The van der Waals surface area contributed by atoms with Crippen molar-refractivity contribution in [3.05, 3.63) is 0 Å². The molecule has 0 saturated carbocycles. The summed E-state index contributed by atoms with van der Waals surface area (Å²) in [5, 5.41) is 3.14. The molecule has 1 rings (SSSR count). The van der Waals surface area contributed by atoms with Crippen molar-refractivity contribution in [1.82, 2.24) is 10.2 Å².